The first-order valence-corrected chi connectivity index (χ1v) is 6.89. The lowest BCUT2D eigenvalue weighted by Gasteiger charge is -2.07. The predicted molar refractivity (Wildman–Crippen MR) is 75.4 cm³/mol. The van der Waals surface area contributed by atoms with E-state index < -0.39 is 5.82 Å². The molecular formula is C14H15FN2OS. The maximum absolute atomic E-state index is 13.3. The zero-order valence-corrected chi connectivity index (χ0v) is 11.7. The first kappa shape index (κ1) is 13.7. The largest absolute Gasteiger partial charge is 0.385 e. The predicted octanol–water partition coefficient (Wildman–Crippen LogP) is 3.45. The summed E-state index contributed by atoms with van der Waals surface area (Å²) in [7, 11) is 0. The molecule has 5 heteroatoms. The minimum Gasteiger partial charge on any atom is -0.385 e. The molecule has 0 aliphatic heterocycles. The van der Waals surface area contributed by atoms with Gasteiger partial charge >= 0.3 is 0 Å². The van der Waals surface area contributed by atoms with Gasteiger partial charge in [-0.25, -0.2) is 9.37 Å². The summed E-state index contributed by atoms with van der Waals surface area (Å²) in [5.74, 6) is -0.543. The number of carbonyl (C=O) groups excluding carboxylic acids is 1. The standard InChI is InChI=1S/C14H15FN2OS/c1-9-8-19-14(17-9)3-4-16-13-6-11(10(2)18)5-12(15)7-13/h5-8,16H,3-4H2,1-2H3. The molecule has 0 aliphatic rings. The van der Waals surface area contributed by atoms with Crippen LogP contribution in [0.2, 0.25) is 0 Å². The minimum atomic E-state index is -0.403. The molecule has 2 rings (SSSR count). The van der Waals surface area contributed by atoms with Gasteiger partial charge in [0.2, 0.25) is 0 Å². The van der Waals surface area contributed by atoms with Gasteiger partial charge < -0.3 is 5.32 Å². The van der Waals surface area contributed by atoms with Gasteiger partial charge in [0.25, 0.3) is 0 Å². The zero-order chi connectivity index (χ0) is 13.8. The lowest BCUT2D eigenvalue weighted by molar-refractivity contribution is 0.101. The van der Waals surface area contributed by atoms with Gasteiger partial charge in [0.05, 0.1) is 5.01 Å². The number of aryl methyl sites for hydroxylation is 1. The van der Waals surface area contributed by atoms with Gasteiger partial charge in [0, 0.05) is 35.3 Å². The van der Waals surface area contributed by atoms with Crippen molar-refractivity contribution in [3.8, 4) is 0 Å². The molecule has 0 bridgehead atoms. The van der Waals surface area contributed by atoms with Crippen LogP contribution < -0.4 is 5.32 Å². The Labute approximate surface area is 115 Å². The molecule has 19 heavy (non-hydrogen) atoms. The second kappa shape index (κ2) is 5.93. The Morgan fingerprint density at radius 3 is 2.84 bits per heavy atom. The van der Waals surface area contributed by atoms with Gasteiger partial charge in [0.1, 0.15) is 5.82 Å². The highest BCUT2D eigenvalue weighted by molar-refractivity contribution is 7.09. The van der Waals surface area contributed by atoms with E-state index in [0.717, 1.165) is 17.1 Å². The van der Waals surface area contributed by atoms with Crippen LogP contribution in [0, 0.1) is 12.7 Å². The number of carbonyl (C=O) groups is 1. The minimum absolute atomic E-state index is 0.141. The quantitative estimate of drug-likeness (QED) is 0.852. The summed E-state index contributed by atoms with van der Waals surface area (Å²) in [6.45, 7) is 4.05. The molecule has 1 N–H and O–H groups in total. The molecule has 0 amide bonds. The summed E-state index contributed by atoms with van der Waals surface area (Å²) in [5.41, 5.74) is 2.02. The van der Waals surface area contributed by atoms with Crippen molar-refractivity contribution in [3.05, 3.63) is 45.7 Å². The van der Waals surface area contributed by atoms with Crippen LogP contribution in [0.15, 0.2) is 23.6 Å². The van der Waals surface area contributed by atoms with Crippen LogP contribution >= 0.6 is 11.3 Å². The highest BCUT2D eigenvalue weighted by Crippen LogP contribution is 2.15. The van der Waals surface area contributed by atoms with Gasteiger partial charge in [-0.15, -0.1) is 11.3 Å². The molecule has 0 atom stereocenters. The molecule has 1 aromatic heterocycles. The number of thiazole rings is 1. The third-order valence-electron chi connectivity index (χ3n) is 2.64. The lowest BCUT2D eigenvalue weighted by atomic mass is 10.1. The number of halogens is 1. The van der Waals surface area contributed by atoms with Gasteiger partial charge in [-0.3, -0.25) is 4.79 Å². The fraction of sp³-hybridized carbons (Fsp3) is 0.286. The number of anilines is 1. The summed E-state index contributed by atoms with van der Waals surface area (Å²) < 4.78 is 13.3. The van der Waals surface area contributed by atoms with Crippen molar-refractivity contribution in [3.63, 3.8) is 0 Å². The van der Waals surface area contributed by atoms with Crippen LogP contribution in [0.4, 0.5) is 10.1 Å². The van der Waals surface area contributed by atoms with Crippen molar-refractivity contribution in [1.29, 1.82) is 0 Å². The second-order valence-corrected chi connectivity index (χ2v) is 5.29. The van der Waals surface area contributed by atoms with Gasteiger partial charge in [-0.2, -0.15) is 0 Å². The van der Waals surface area contributed by atoms with E-state index in [-0.39, 0.29) is 5.78 Å². The van der Waals surface area contributed by atoms with Gasteiger partial charge in [-0.1, -0.05) is 0 Å². The van der Waals surface area contributed by atoms with Crippen molar-refractivity contribution >= 4 is 22.8 Å². The van der Waals surface area contributed by atoms with Crippen molar-refractivity contribution in [2.75, 3.05) is 11.9 Å². The van der Waals surface area contributed by atoms with Crippen LogP contribution in [0.3, 0.4) is 0 Å². The van der Waals surface area contributed by atoms with Crippen molar-refractivity contribution < 1.29 is 9.18 Å². The number of Topliss-reactive ketones (excluding diaryl/α,β-unsaturated/α-hetero) is 1. The van der Waals surface area contributed by atoms with Crippen LogP contribution in [-0.4, -0.2) is 17.3 Å². The normalized spacial score (nSPS) is 10.5. The van der Waals surface area contributed by atoms with E-state index in [1.54, 1.807) is 17.4 Å². The molecule has 1 aromatic carbocycles. The fourth-order valence-corrected chi connectivity index (χ4v) is 2.50. The maximum Gasteiger partial charge on any atom is 0.159 e. The molecule has 0 aliphatic carbocycles. The SMILES string of the molecule is CC(=O)c1cc(F)cc(NCCc2nc(C)cs2)c1. The summed E-state index contributed by atoms with van der Waals surface area (Å²) in [4.78, 5) is 15.6. The Bertz CT molecular complexity index is 595. The summed E-state index contributed by atoms with van der Waals surface area (Å²) in [6, 6.07) is 4.30. The molecule has 2 aromatic rings. The number of rotatable bonds is 5. The Hall–Kier alpha value is -1.75. The molecule has 0 fully saturated rings. The Kier molecular flexibility index (Phi) is 4.27. The molecule has 0 saturated carbocycles. The molecule has 0 saturated heterocycles. The average molecular weight is 278 g/mol. The van der Waals surface area contributed by atoms with E-state index in [9.17, 15) is 9.18 Å². The molecule has 0 spiro atoms. The van der Waals surface area contributed by atoms with Crippen LogP contribution in [0.1, 0.15) is 28.0 Å². The van der Waals surface area contributed by atoms with E-state index in [4.69, 9.17) is 0 Å². The summed E-state index contributed by atoms with van der Waals surface area (Å²) in [5, 5.41) is 6.17. The molecule has 0 radical (unpaired) electrons. The zero-order valence-electron chi connectivity index (χ0n) is 10.9. The highest BCUT2D eigenvalue weighted by Gasteiger charge is 2.05. The average Bonchev–Trinajstić information content (AvgIpc) is 2.74. The first-order valence-electron chi connectivity index (χ1n) is 6.01. The molecular weight excluding hydrogens is 263 g/mol. The smallest absolute Gasteiger partial charge is 0.159 e. The Balaban J connectivity index is 1.97. The number of nitrogens with zero attached hydrogens (tertiary/aromatic N) is 1. The van der Waals surface area contributed by atoms with E-state index in [0.29, 0.717) is 17.8 Å². The van der Waals surface area contributed by atoms with Crippen LogP contribution in [-0.2, 0) is 6.42 Å². The highest BCUT2D eigenvalue weighted by atomic mass is 32.1. The Morgan fingerprint density at radius 2 is 2.21 bits per heavy atom. The monoisotopic (exact) mass is 278 g/mol. The number of aromatic nitrogens is 1. The van der Waals surface area contributed by atoms with Crippen LogP contribution in [0.25, 0.3) is 0 Å². The number of hydrogen-bond donors (Lipinski definition) is 1. The van der Waals surface area contributed by atoms with E-state index in [1.807, 2.05) is 12.3 Å². The van der Waals surface area contributed by atoms with E-state index in [1.165, 1.54) is 19.1 Å². The van der Waals surface area contributed by atoms with Crippen molar-refractivity contribution in [2.45, 2.75) is 20.3 Å². The number of benzene rings is 1. The number of ketones is 1. The summed E-state index contributed by atoms with van der Waals surface area (Å²) in [6.07, 6.45) is 0.782. The van der Waals surface area contributed by atoms with Crippen LogP contribution in [0.5, 0.6) is 0 Å². The third-order valence-corrected chi connectivity index (χ3v) is 3.67. The van der Waals surface area contributed by atoms with Gasteiger partial charge in [-0.05, 0) is 32.0 Å². The third kappa shape index (κ3) is 3.86. The molecule has 1 heterocycles. The Morgan fingerprint density at radius 1 is 1.42 bits per heavy atom. The fourth-order valence-electron chi connectivity index (χ4n) is 1.73. The lowest BCUT2D eigenvalue weighted by Crippen LogP contribution is -2.06. The molecule has 100 valence electrons. The van der Waals surface area contributed by atoms with E-state index in [2.05, 4.69) is 10.3 Å². The van der Waals surface area contributed by atoms with Crippen molar-refractivity contribution in [1.82, 2.24) is 4.98 Å². The number of nitrogens with one attached hydrogen (secondary N) is 1. The van der Waals surface area contributed by atoms with E-state index >= 15 is 0 Å². The molecule has 3 nitrogen and oxygen atoms in total. The molecule has 0 unspecified atom stereocenters. The second-order valence-electron chi connectivity index (χ2n) is 4.34. The topological polar surface area (TPSA) is 42.0 Å². The van der Waals surface area contributed by atoms with Crippen molar-refractivity contribution in [2.24, 2.45) is 0 Å². The maximum atomic E-state index is 13.3. The first-order chi connectivity index (χ1) is 9.04. The number of hydrogen-bond acceptors (Lipinski definition) is 4. The summed E-state index contributed by atoms with van der Waals surface area (Å²) >= 11 is 1.62. The van der Waals surface area contributed by atoms with Gasteiger partial charge in [0.15, 0.2) is 5.78 Å².